The van der Waals surface area contributed by atoms with Crippen molar-refractivity contribution in [1.29, 1.82) is 0 Å². The van der Waals surface area contributed by atoms with Gasteiger partial charge in [-0.05, 0) is 52.2 Å². The van der Waals surface area contributed by atoms with Crippen LogP contribution in [0.1, 0.15) is 18.1 Å². The monoisotopic (exact) mass is 324 g/mol. The summed E-state index contributed by atoms with van der Waals surface area (Å²) in [7, 11) is -3.65. The second-order valence-corrected chi connectivity index (χ2v) is 7.40. The van der Waals surface area contributed by atoms with Crippen molar-refractivity contribution < 1.29 is 13.2 Å². The summed E-state index contributed by atoms with van der Waals surface area (Å²) in [4.78, 5) is 11.3. The van der Waals surface area contributed by atoms with Gasteiger partial charge in [0.2, 0.25) is 9.84 Å². The van der Waals surface area contributed by atoms with E-state index in [-0.39, 0.29) is 10.7 Å². The SMILES string of the molecule is CC(=O)/C=C(\c1ccsc1)S(=O)(=O)C=Cc1ccsc1. The van der Waals surface area contributed by atoms with Crippen LogP contribution in [0.5, 0.6) is 0 Å². The Morgan fingerprint density at radius 3 is 2.40 bits per heavy atom. The number of allylic oxidation sites excluding steroid dienone is 1. The van der Waals surface area contributed by atoms with Gasteiger partial charge >= 0.3 is 0 Å². The van der Waals surface area contributed by atoms with Crippen molar-refractivity contribution >= 4 is 49.3 Å². The summed E-state index contributed by atoms with van der Waals surface area (Å²) in [5.74, 6) is -0.293. The van der Waals surface area contributed by atoms with Crippen LogP contribution >= 0.6 is 22.7 Å². The molecule has 2 heterocycles. The van der Waals surface area contributed by atoms with E-state index < -0.39 is 9.84 Å². The average molecular weight is 324 g/mol. The molecule has 0 aliphatic carbocycles. The van der Waals surface area contributed by atoms with E-state index >= 15 is 0 Å². The molecule has 0 saturated carbocycles. The third kappa shape index (κ3) is 3.75. The van der Waals surface area contributed by atoms with Gasteiger partial charge in [0.15, 0.2) is 5.78 Å². The van der Waals surface area contributed by atoms with Crippen LogP contribution in [0, 0.1) is 0 Å². The van der Waals surface area contributed by atoms with Gasteiger partial charge in [-0.2, -0.15) is 22.7 Å². The highest BCUT2D eigenvalue weighted by atomic mass is 32.2. The largest absolute Gasteiger partial charge is 0.295 e. The average Bonchev–Trinajstić information content (AvgIpc) is 3.06. The summed E-state index contributed by atoms with van der Waals surface area (Å²) in [6.07, 6.45) is 2.70. The topological polar surface area (TPSA) is 51.2 Å². The van der Waals surface area contributed by atoms with E-state index in [4.69, 9.17) is 0 Å². The molecular formula is C14H12O3S3. The van der Waals surface area contributed by atoms with E-state index in [2.05, 4.69) is 0 Å². The fourth-order valence-electron chi connectivity index (χ4n) is 1.53. The van der Waals surface area contributed by atoms with Gasteiger partial charge in [-0.15, -0.1) is 0 Å². The number of carbonyl (C=O) groups is 1. The first-order valence-corrected chi connectivity index (χ1v) is 9.12. The summed E-state index contributed by atoms with van der Waals surface area (Å²) >= 11 is 2.88. The first-order chi connectivity index (χ1) is 9.49. The van der Waals surface area contributed by atoms with Crippen molar-refractivity contribution in [2.75, 3.05) is 0 Å². The van der Waals surface area contributed by atoms with E-state index in [0.29, 0.717) is 5.56 Å². The van der Waals surface area contributed by atoms with Gasteiger partial charge in [0.1, 0.15) is 0 Å². The summed E-state index contributed by atoms with van der Waals surface area (Å²) < 4.78 is 24.7. The second kappa shape index (κ2) is 6.30. The van der Waals surface area contributed by atoms with Gasteiger partial charge in [-0.3, -0.25) is 4.79 Å². The maximum absolute atomic E-state index is 12.4. The molecule has 2 aromatic rings. The zero-order valence-corrected chi connectivity index (χ0v) is 13.1. The van der Waals surface area contributed by atoms with Crippen molar-refractivity contribution in [2.45, 2.75) is 6.92 Å². The number of sulfone groups is 1. The predicted octanol–water partition coefficient (Wildman–Crippen LogP) is 3.83. The lowest BCUT2D eigenvalue weighted by molar-refractivity contribution is -0.112. The zero-order chi connectivity index (χ0) is 14.6. The lowest BCUT2D eigenvalue weighted by Crippen LogP contribution is -2.01. The fraction of sp³-hybridized carbons (Fsp3) is 0.0714. The molecule has 0 radical (unpaired) electrons. The second-order valence-electron chi connectivity index (χ2n) is 4.04. The van der Waals surface area contributed by atoms with Gasteiger partial charge in [0.25, 0.3) is 0 Å². The van der Waals surface area contributed by atoms with Gasteiger partial charge in [-0.1, -0.05) is 0 Å². The third-order valence-corrected chi connectivity index (χ3v) is 5.28. The molecule has 0 aliphatic heterocycles. The highest BCUT2D eigenvalue weighted by Gasteiger charge is 2.17. The molecule has 2 aromatic heterocycles. The first-order valence-electron chi connectivity index (χ1n) is 5.69. The van der Waals surface area contributed by atoms with Crippen molar-refractivity contribution in [3.05, 3.63) is 56.3 Å². The Hall–Kier alpha value is -1.50. The number of hydrogen-bond acceptors (Lipinski definition) is 5. The van der Waals surface area contributed by atoms with E-state index in [1.54, 1.807) is 16.8 Å². The van der Waals surface area contributed by atoms with Crippen LogP contribution < -0.4 is 0 Å². The maximum Gasteiger partial charge on any atom is 0.200 e. The number of thiophene rings is 2. The molecule has 2 rings (SSSR count). The van der Waals surface area contributed by atoms with Gasteiger partial charge in [0, 0.05) is 17.0 Å². The minimum absolute atomic E-state index is 0.0396. The zero-order valence-electron chi connectivity index (χ0n) is 10.6. The Morgan fingerprint density at radius 2 is 1.85 bits per heavy atom. The predicted molar refractivity (Wildman–Crippen MR) is 85.2 cm³/mol. The van der Waals surface area contributed by atoms with Crippen molar-refractivity contribution in [3.63, 3.8) is 0 Å². The van der Waals surface area contributed by atoms with Crippen LogP contribution in [-0.4, -0.2) is 14.2 Å². The Kier molecular flexibility index (Phi) is 4.69. The normalized spacial score (nSPS) is 12.9. The summed E-state index contributed by atoms with van der Waals surface area (Å²) in [6.45, 7) is 1.34. The van der Waals surface area contributed by atoms with Gasteiger partial charge in [0.05, 0.1) is 4.91 Å². The minimum atomic E-state index is -3.65. The van der Waals surface area contributed by atoms with E-state index in [9.17, 15) is 13.2 Å². The molecule has 0 aromatic carbocycles. The molecule has 0 saturated heterocycles. The van der Waals surface area contributed by atoms with E-state index in [0.717, 1.165) is 17.0 Å². The van der Waals surface area contributed by atoms with Gasteiger partial charge in [-0.25, -0.2) is 8.42 Å². The maximum atomic E-state index is 12.4. The highest BCUT2D eigenvalue weighted by Crippen LogP contribution is 2.25. The molecule has 3 nitrogen and oxygen atoms in total. The minimum Gasteiger partial charge on any atom is -0.295 e. The van der Waals surface area contributed by atoms with Crippen LogP contribution in [0.3, 0.4) is 0 Å². The molecule has 0 atom stereocenters. The smallest absolute Gasteiger partial charge is 0.200 e. The lowest BCUT2D eigenvalue weighted by atomic mass is 10.3. The lowest BCUT2D eigenvalue weighted by Gasteiger charge is -2.02. The quantitative estimate of drug-likeness (QED) is 0.786. The Balaban J connectivity index is 2.41. The van der Waals surface area contributed by atoms with Crippen LogP contribution in [0.15, 0.2) is 45.1 Å². The summed E-state index contributed by atoms with van der Waals surface area (Å²) in [5.41, 5.74) is 1.37. The van der Waals surface area contributed by atoms with Crippen LogP contribution in [0.25, 0.3) is 11.0 Å². The first kappa shape index (κ1) is 14.9. The van der Waals surface area contributed by atoms with Crippen LogP contribution in [-0.2, 0) is 14.6 Å². The van der Waals surface area contributed by atoms with E-state index in [1.807, 2.05) is 16.8 Å². The van der Waals surface area contributed by atoms with Crippen molar-refractivity contribution in [3.8, 4) is 0 Å². The molecule has 0 unspecified atom stereocenters. The Morgan fingerprint density at radius 1 is 1.15 bits per heavy atom. The number of rotatable bonds is 5. The molecule has 20 heavy (non-hydrogen) atoms. The summed E-state index contributed by atoms with van der Waals surface area (Å²) in [5, 5.41) is 8.36. The molecule has 0 spiro atoms. The third-order valence-electron chi connectivity index (χ3n) is 2.43. The Bertz CT molecular complexity index is 734. The van der Waals surface area contributed by atoms with Gasteiger partial charge < -0.3 is 0 Å². The fourth-order valence-corrected chi connectivity index (χ4v) is 4.16. The number of carbonyl (C=O) groups excluding carboxylic acids is 1. The number of ketones is 1. The molecule has 0 N–H and O–H groups in total. The number of hydrogen-bond donors (Lipinski definition) is 0. The van der Waals surface area contributed by atoms with Crippen molar-refractivity contribution in [1.82, 2.24) is 0 Å². The standard InChI is InChI=1S/C14H12O3S3/c1-11(15)8-14(13-3-6-19-10-13)20(16,17)7-4-12-2-5-18-9-12/h2-10H,1H3/b7-4?,14-8+. The molecule has 0 aliphatic rings. The van der Waals surface area contributed by atoms with Crippen LogP contribution in [0.2, 0.25) is 0 Å². The van der Waals surface area contributed by atoms with Crippen LogP contribution in [0.4, 0.5) is 0 Å². The molecule has 0 fully saturated rings. The molecule has 104 valence electrons. The van der Waals surface area contributed by atoms with E-state index in [1.165, 1.54) is 35.7 Å². The molecular weight excluding hydrogens is 312 g/mol. The van der Waals surface area contributed by atoms with Crippen molar-refractivity contribution in [2.24, 2.45) is 0 Å². The highest BCUT2D eigenvalue weighted by molar-refractivity contribution is 8.03. The molecule has 0 amide bonds. The molecule has 6 heteroatoms. The molecule has 0 bridgehead atoms. The Labute approximate surface area is 125 Å². The summed E-state index contributed by atoms with van der Waals surface area (Å²) in [6, 6.07) is 3.52.